The van der Waals surface area contributed by atoms with Gasteiger partial charge in [0.05, 0.1) is 0 Å². The van der Waals surface area contributed by atoms with Crippen LogP contribution in [0.3, 0.4) is 0 Å². The largest absolute Gasteiger partial charge is 0.350 e. The van der Waals surface area contributed by atoms with E-state index in [9.17, 15) is 9.18 Å². The molecular weight excluding hydrogens is 355 g/mol. The number of rotatable bonds is 6. The summed E-state index contributed by atoms with van der Waals surface area (Å²) < 4.78 is 13.7. The van der Waals surface area contributed by atoms with Crippen molar-refractivity contribution in [3.05, 3.63) is 82.4 Å². The minimum absolute atomic E-state index is 0.269. The number of carbonyl (C=O) groups is 1. The Morgan fingerprint density at radius 2 is 1.82 bits per heavy atom. The monoisotopic (exact) mass is 378 g/mol. The number of amides is 1. The lowest BCUT2D eigenvalue weighted by Gasteiger charge is -2.11. The average molecular weight is 378 g/mol. The van der Waals surface area contributed by atoms with Gasteiger partial charge in [-0.15, -0.1) is 0 Å². The van der Waals surface area contributed by atoms with Crippen LogP contribution in [0, 0.1) is 26.6 Å². The van der Waals surface area contributed by atoms with E-state index in [-0.39, 0.29) is 17.4 Å². The summed E-state index contributed by atoms with van der Waals surface area (Å²) in [7, 11) is 0. The molecule has 5 nitrogen and oxygen atoms in total. The molecule has 0 aliphatic carbocycles. The Morgan fingerprint density at radius 3 is 2.57 bits per heavy atom. The lowest BCUT2D eigenvalue weighted by molar-refractivity contribution is 0.0949. The molecule has 0 atom stereocenters. The van der Waals surface area contributed by atoms with Crippen LogP contribution in [0.25, 0.3) is 0 Å². The molecule has 0 unspecified atom stereocenters. The molecule has 0 aliphatic rings. The van der Waals surface area contributed by atoms with E-state index in [0.29, 0.717) is 30.2 Å². The van der Waals surface area contributed by atoms with Crippen LogP contribution >= 0.6 is 0 Å². The Labute approximate surface area is 164 Å². The van der Waals surface area contributed by atoms with E-state index in [4.69, 9.17) is 0 Å². The van der Waals surface area contributed by atoms with Crippen molar-refractivity contribution >= 4 is 17.5 Å². The zero-order valence-electron chi connectivity index (χ0n) is 16.2. The van der Waals surface area contributed by atoms with Crippen LogP contribution in [0.1, 0.15) is 32.9 Å². The van der Waals surface area contributed by atoms with Gasteiger partial charge in [-0.1, -0.05) is 35.9 Å². The van der Waals surface area contributed by atoms with E-state index >= 15 is 0 Å². The van der Waals surface area contributed by atoms with Gasteiger partial charge >= 0.3 is 0 Å². The second-order valence-electron chi connectivity index (χ2n) is 6.76. The standard InChI is InChI=1S/C22H23FN4O/c1-14-8-9-19(15(2)12-14)26-22-25-16(3)13-20(27-22)21(28)24-11-10-17-6-4-5-7-18(17)23/h4-9,12-13H,10-11H2,1-3H3,(H,24,28)(H,25,26,27). The molecule has 28 heavy (non-hydrogen) atoms. The van der Waals surface area contributed by atoms with Gasteiger partial charge in [0.1, 0.15) is 11.5 Å². The van der Waals surface area contributed by atoms with Crippen LogP contribution in [0.2, 0.25) is 0 Å². The Balaban J connectivity index is 1.68. The van der Waals surface area contributed by atoms with Crippen LogP contribution in [0.5, 0.6) is 0 Å². The van der Waals surface area contributed by atoms with E-state index in [1.165, 1.54) is 11.6 Å². The predicted octanol–water partition coefficient (Wildman–Crippen LogP) is 4.26. The summed E-state index contributed by atoms with van der Waals surface area (Å²) in [5.41, 5.74) is 4.65. The first-order valence-corrected chi connectivity index (χ1v) is 9.14. The topological polar surface area (TPSA) is 66.9 Å². The molecule has 0 spiro atoms. The molecule has 0 bridgehead atoms. The number of nitrogens with one attached hydrogen (secondary N) is 2. The minimum Gasteiger partial charge on any atom is -0.350 e. The molecular formula is C22H23FN4O. The van der Waals surface area contributed by atoms with Gasteiger partial charge in [-0.05, 0) is 56.5 Å². The van der Waals surface area contributed by atoms with Crippen molar-refractivity contribution in [1.29, 1.82) is 0 Å². The van der Waals surface area contributed by atoms with Gasteiger partial charge in [-0.25, -0.2) is 14.4 Å². The summed E-state index contributed by atoms with van der Waals surface area (Å²) in [5.74, 6) is -0.216. The van der Waals surface area contributed by atoms with Gasteiger partial charge in [0, 0.05) is 17.9 Å². The maximum Gasteiger partial charge on any atom is 0.270 e. The molecule has 0 saturated heterocycles. The van der Waals surface area contributed by atoms with Crippen molar-refractivity contribution in [2.45, 2.75) is 27.2 Å². The van der Waals surface area contributed by atoms with E-state index in [1.54, 1.807) is 24.3 Å². The molecule has 0 saturated carbocycles. The molecule has 0 radical (unpaired) electrons. The maximum absolute atomic E-state index is 13.7. The summed E-state index contributed by atoms with van der Waals surface area (Å²) in [4.78, 5) is 21.2. The Hall–Kier alpha value is -3.28. The van der Waals surface area contributed by atoms with Gasteiger partial charge in [-0.3, -0.25) is 4.79 Å². The number of halogens is 1. The molecule has 3 aromatic rings. The molecule has 1 amide bonds. The third-order valence-corrected chi connectivity index (χ3v) is 4.35. The lowest BCUT2D eigenvalue weighted by atomic mass is 10.1. The quantitative estimate of drug-likeness (QED) is 0.673. The average Bonchev–Trinajstić information content (AvgIpc) is 2.65. The first kappa shape index (κ1) is 19.5. The molecule has 3 rings (SSSR count). The number of carbonyl (C=O) groups excluding carboxylic acids is 1. The molecule has 6 heteroatoms. The summed E-state index contributed by atoms with van der Waals surface area (Å²) in [6, 6.07) is 14.2. The Kier molecular flexibility index (Phi) is 5.99. The second-order valence-corrected chi connectivity index (χ2v) is 6.76. The fraction of sp³-hybridized carbons (Fsp3) is 0.227. The Bertz CT molecular complexity index is 1000. The van der Waals surface area contributed by atoms with E-state index in [1.807, 2.05) is 32.9 Å². The van der Waals surface area contributed by atoms with Gasteiger partial charge in [0.25, 0.3) is 5.91 Å². The van der Waals surface area contributed by atoms with E-state index < -0.39 is 0 Å². The number of hydrogen-bond acceptors (Lipinski definition) is 4. The Morgan fingerprint density at radius 1 is 1.04 bits per heavy atom. The number of aryl methyl sites for hydroxylation is 3. The van der Waals surface area contributed by atoms with Crippen molar-refractivity contribution in [3.8, 4) is 0 Å². The third-order valence-electron chi connectivity index (χ3n) is 4.35. The highest BCUT2D eigenvalue weighted by Gasteiger charge is 2.11. The van der Waals surface area contributed by atoms with Gasteiger partial charge in [0.15, 0.2) is 0 Å². The first-order chi connectivity index (χ1) is 13.4. The molecule has 0 fully saturated rings. The molecule has 1 heterocycles. The van der Waals surface area contributed by atoms with Crippen molar-refractivity contribution in [1.82, 2.24) is 15.3 Å². The van der Waals surface area contributed by atoms with Crippen LogP contribution in [0.4, 0.5) is 16.0 Å². The molecule has 1 aromatic heterocycles. The SMILES string of the molecule is Cc1ccc(Nc2nc(C)cc(C(=O)NCCc3ccccc3F)n2)c(C)c1. The number of anilines is 2. The highest BCUT2D eigenvalue weighted by atomic mass is 19.1. The fourth-order valence-corrected chi connectivity index (χ4v) is 2.92. The lowest BCUT2D eigenvalue weighted by Crippen LogP contribution is -2.27. The molecule has 2 N–H and O–H groups in total. The van der Waals surface area contributed by atoms with E-state index in [2.05, 4.69) is 26.7 Å². The molecule has 0 aliphatic heterocycles. The maximum atomic E-state index is 13.7. The second kappa shape index (κ2) is 8.61. The number of nitrogens with zero attached hydrogens (tertiary/aromatic N) is 2. The zero-order chi connectivity index (χ0) is 20.1. The normalized spacial score (nSPS) is 10.6. The summed E-state index contributed by atoms with van der Waals surface area (Å²) in [6.45, 7) is 6.17. The summed E-state index contributed by atoms with van der Waals surface area (Å²) in [5, 5.41) is 5.96. The van der Waals surface area contributed by atoms with Gasteiger partial charge in [-0.2, -0.15) is 0 Å². The first-order valence-electron chi connectivity index (χ1n) is 9.14. The van der Waals surface area contributed by atoms with Crippen LogP contribution < -0.4 is 10.6 Å². The smallest absolute Gasteiger partial charge is 0.270 e. The van der Waals surface area contributed by atoms with Crippen LogP contribution in [0.15, 0.2) is 48.5 Å². The van der Waals surface area contributed by atoms with Crippen molar-refractivity contribution in [2.24, 2.45) is 0 Å². The summed E-state index contributed by atoms with van der Waals surface area (Å²) >= 11 is 0. The summed E-state index contributed by atoms with van der Waals surface area (Å²) in [6.07, 6.45) is 0.413. The third kappa shape index (κ3) is 4.91. The zero-order valence-corrected chi connectivity index (χ0v) is 16.2. The van der Waals surface area contributed by atoms with Crippen molar-refractivity contribution < 1.29 is 9.18 Å². The number of benzene rings is 2. The van der Waals surface area contributed by atoms with E-state index in [0.717, 1.165) is 11.3 Å². The minimum atomic E-state index is -0.314. The molecule has 144 valence electrons. The fourth-order valence-electron chi connectivity index (χ4n) is 2.92. The van der Waals surface area contributed by atoms with Crippen LogP contribution in [-0.2, 0) is 6.42 Å². The number of aromatic nitrogens is 2. The van der Waals surface area contributed by atoms with Crippen molar-refractivity contribution in [3.63, 3.8) is 0 Å². The highest BCUT2D eigenvalue weighted by molar-refractivity contribution is 5.92. The molecule has 2 aromatic carbocycles. The van der Waals surface area contributed by atoms with Gasteiger partial charge < -0.3 is 10.6 Å². The van der Waals surface area contributed by atoms with Gasteiger partial charge in [0.2, 0.25) is 5.95 Å². The predicted molar refractivity (Wildman–Crippen MR) is 108 cm³/mol. The van der Waals surface area contributed by atoms with Crippen LogP contribution in [-0.4, -0.2) is 22.4 Å². The van der Waals surface area contributed by atoms with Crippen molar-refractivity contribution in [2.75, 3.05) is 11.9 Å². The highest BCUT2D eigenvalue weighted by Crippen LogP contribution is 2.19. The number of hydrogen-bond donors (Lipinski definition) is 2.